The Balaban J connectivity index is 1.65. The summed E-state index contributed by atoms with van der Waals surface area (Å²) < 4.78 is 21.6. The number of esters is 2. The molecule has 0 aliphatic carbocycles. The van der Waals surface area contributed by atoms with Crippen molar-refractivity contribution in [3.63, 3.8) is 0 Å². The zero-order valence-electron chi connectivity index (χ0n) is 19.1. The van der Waals surface area contributed by atoms with Crippen LogP contribution in [0.1, 0.15) is 25.5 Å². The molecule has 8 nitrogen and oxygen atoms in total. The fourth-order valence-corrected chi connectivity index (χ4v) is 4.43. The average molecular weight is 455 g/mol. The van der Waals surface area contributed by atoms with Gasteiger partial charge in [0.05, 0.1) is 19.3 Å². The Morgan fingerprint density at radius 1 is 0.879 bits per heavy atom. The zero-order chi connectivity index (χ0) is 23.2. The van der Waals surface area contributed by atoms with Gasteiger partial charge >= 0.3 is 11.9 Å². The lowest BCUT2D eigenvalue weighted by atomic mass is 9.90. The summed E-state index contributed by atoms with van der Waals surface area (Å²) in [7, 11) is 0. The summed E-state index contributed by atoms with van der Waals surface area (Å²) in [5.41, 5.74) is 1.95. The molecule has 0 saturated carbocycles. The molecule has 1 unspecified atom stereocenters. The monoisotopic (exact) mass is 454 g/mol. The van der Waals surface area contributed by atoms with Crippen molar-refractivity contribution < 1.29 is 28.5 Å². The molecule has 0 radical (unpaired) electrons. The Hall–Kier alpha value is -3.26. The molecule has 2 aromatic carbocycles. The maximum atomic E-state index is 13.0. The van der Waals surface area contributed by atoms with Gasteiger partial charge in [0, 0.05) is 31.9 Å². The Kier molecular flexibility index (Phi) is 7.34. The second-order valence-electron chi connectivity index (χ2n) is 7.90. The van der Waals surface area contributed by atoms with Crippen LogP contribution in [0.25, 0.3) is 0 Å². The highest BCUT2D eigenvalue weighted by atomic mass is 16.7. The highest BCUT2D eigenvalue weighted by molar-refractivity contribution is 5.96. The van der Waals surface area contributed by atoms with Gasteiger partial charge in [0.25, 0.3) is 0 Å². The fraction of sp³-hybridized carbons (Fsp3) is 0.440. The molecule has 33 heavy (non-hydrogen) atoms. The number of piperazine rings is 1. The summed E-state index contributed by atoms with van der Waals surface area (Å²) in [6, 6.07) is 15.2. The molecule has 1 saturated heterocycles. The van der Waals surface area contributed by atoms with Crippen LogP contribution in [0.2, 0.25) is 0 Å². The van der Waals surface area contributed by atoms with E-state index in [1.807, 2.05) is 36.4 Å². The minimum Gasteiger partial charge on any atom is -0.465 e. The Morgan fingerprint density at radius 3 is 2.15 bits per heavy atom. The Bertz CT molecular complexity index is 941. The van der Waals surface area contributed by atoms with E-state index >= 15 is 0 Å². The topological polar surface area (TPSA) is 77.5 Å². The predicted octanol–water partition coefficient (Wildman–Crippen LogP) is 3.02. The quantitative estimate of drug-likeness (QED) is 0.445. The molecule has 0 bridgehead atoms. The standard InChI is InChI=1S/C25H30N2O6/c1-3-30-24(28)22(25(29)31-4-2)23(18-10-11-20-21(16-18)33-17-32-20)27-14-12-26(13-15-27)19-8-6-5-7-9-19/h5-11,16,22-23H,3-4,12-15,17H2,1-2H3. The summed E-state index contributed by atoms with van der Waals surface area (Å²) >= 11 is 0. The van der Waals surface area contributed by atoms with Crippen LogP contribution in [0.15, 0.2) is 48.5 Å². The summed E-state index contributed by atoms with van der Waals surface area (Å²) in [6.07, 6.45) is 0. The molecule has 1 fully saturated rings. The third-order valence-electron chi connectivity index (χ3n) is 5.96. The third kappa shape index (κ3) is 5.06. The maximum Gasteiger partial charge on any atom is 0.322 e. The largest absolute Gasteiger partial charge is 0.465 e. The van der Waals surface area contributed by atoms with E-state index in [9.17, 15) is 9.59 Å². The van der Waals surface area contributed by atoms with Crippen molar-refractivity contribution in [3.05, 3.63) is 54.1 Å². The average Bonchev–Trinajstić information content (AvgIpc) is 3.31. The molecule has 0 spiro atoms. The first-order valence-corrected chi connectivity index (χ1v) is 11.4. The van der Waals surface area contributed by atoms with Gasteiger partial charge < -0.3 is 23.8 Å². The first-order valence-electron chi connectivity index (χ1n) is 11.4. The van der Waals surface area contributed by atoms with E-state index in [2.05, 4.69) is 21.9 Å². The van der Waals surface area contributed by atoms with Crippen molar-refractivity contribution in [3.8, 4) is 11.5 Å². The zero-order valence-corrected chi connectivity index (χ0v) is 19.1. The SMILES string of the molecule is CCOC(=O)C(C(=O)OCC)C(c1ccc2c(c1)OCO2)N1CCN(c2ccccc2)CC1. The van der Waals surface area contributed by atoms with Crippen molar-refractivity contribution >= 4 is 17.6 Å². The first kappa shape index (κ1) is 22.9. The number of benzene rings is 2. The minimum absolute atomic E-state index is 0.151. The van der Waals surface area contributed by atoms with Crippen LogP contribution in [0.3, 0.4) is 0 Å². The van der Waals surface area contributed by atoms with E-state index in [4.69, 9.17) is 18.9 Å². The fourth-order valence-electron chi connectivity index (χ4n) is 4.43. The molecule has 2 aliphatic heterocycles. The molecule has 0 aromatic heterocycles. The summed E-state index contributed by atoms with van der Waals surface area (Å²) in [5.74, 6) is -1.01. The molecule has 8 heteroatoms. The van der Waals surface area contributed by atoms with Crippen LogP contribution < -0.4 is 14.4 Å². The number of nitrogens with zero attached hydrogens (tertiary/aromatic N) is 2. The number of hydrogen-bond donors (Lipinski definition) is 0. The number of hydrogen-bond acceptors (Lipinski definition) is 8. The third-order valence-corrected chi connectivity index (χ3v) is 5.96. The van der Waals surface area contributed by atoms with Gasteiger partial charge in [0.15, 0.2) is 17.4 Å². The van der Waals surface area contributed by atoms with E-state index in [0.29, 0.717) is 24.6 Å². The van der Waals surface area contributed by atoms with E-state index in [-0.39, 0.29) is 20.0 Å². The van der Waals surface area contributed by atoms with Crippen molar-refractivity contribution in [2.24, 2.45) is 5.92 Å². The smallest absolute Gasteiger partial charge is 0.322 e. The molecule has 1 atom stereocenters. The number of rotatable bonds is 8. The molecule has 2 aromatic rings. The predicted molar refractivity (Wildman–Crippen MR) is 122 cm³/mol. The van der Waals surface area contributed by atoms with Gasteiger partial charge in [-0.3, -0.25) is 14.5 Å². The van der Waals surface area contributed by atoms with E-state index < -0.39 is 23.9 Å². The normalized spacial score (nSPS) is 16.5. The Morgan fingerprint density at radius 2 is 1.52 bits per heavy atom. The van der Waals surface area contributed by atoms with E-state index in [1.54, 1.807) is 13.8 Å². The summed E-state index contributed by atoms with van der Waals surface area (Å²) in [4.78, 5) is 30.5. The molecule has 4 rings (SSSR count). The lowest BCUT2D eigenvalue weighted by molar-refractivity contribution is -0.165. The van der Waals surface area contributed by atoms with Gasteiger partial charge in [-0.25, -0.2) is 0 Å². The highest BCUT2D eigenvalue weighted by Crippen LogP contribution is 2.39. The van der Waals surface area contributed by atoms with Crippen LogP contribution in [-0.2, 0) is 19.1 Å². The van der Waals surface area contributed by atoms with Crippen molar-refractivity contribution in [2.45, 2.75) is 19.9 Å². The molecule has 176 valence electrons. The second-order valence-corrected chi connectivity index (χ2v) is 7.90. The van der Waals surface area contributed by atoms with Crippen LogP contribution >= 0.6 is 0 Å². The van der Waals surface area contributed by atoms with E-state index in [1.165, 1.54) is 0 Å². The number of para-hydroxylation sites is 1. The molecule has 0 amide bonds. The molecule has 2 heterocycles. The number of ether oxygens (including phenoxy) is 4. The van der Waals surface area contributed by atoms with Crippen molar-refractivity contribution in [1.82, 2.24) is 4.90 Å². The van der Waals surface area contributed by atoms with Crippen LogP contribution in [0.4, 0.5) is 5.69 Å². The van der Waals surface area contributed by atoms with Crippen molar-refractivity contribution in [2.75, 3.05) is 51.1 Å². The van der Waals surface area contributed by atoms with Gasteiger partial charge in [-0.1, -0.05) is 24.3 Å². The van der Waals surface area contributed by atoms with Crippen LogP contribution in [0.5, 0.6) is 11.5 Å². The molecule has 0 N–H and O–H groups in total. The summed E-state index contributed by atoms with van der Waals surface area (Å²) in [5, 5.41) is 0. The van der Waals surface area contributed by atoms with Gasteiger partial charge in [0.1, 0.15) is 0 Å². The lowest BCUT2D eigenvalue weighted by Crippen LogP contribution is -2.51. The Labute approximate surface area is 194 Å². The second kappa shape index (κ2) is 10.6. The summed E-state index contributed by atoms with van der Waals surface area (Å²) in [6.45, 7) is 6.86. The van der Waals surface area contributed by atoms with Gasteiger partial charge in [-0.15, -0.1) is 0 Å². The molecule has 2 aliphatic rings. The van der Waals surface area contributed by atoms with Gasteiger partial charge in [0.2, 0.25) is 6.79 Å². The maximum absolute atomic E-state index is 13.0. The highest BCUT2D eigenvalue weighted by Gasteiger charge is 2.43. The molecular formula is C25H30N2O6. The number of carbonyl (C=O) groups excluding carboxylic acids is 2. The van der Waals surface area contributed by atoms with Crippen LogP contribution in [-0.4, -0.2) is 63.0 Å². The first-order chi connectivity index (χ1) is 16.1. The van der Waals surface area contributed by atoms with Gasteiger partial charge in [-0.05, 0) is 43.7 Å². The van der Waals surface area contributed by atoms with Crippen molar-refractivity contribution in [1.29, 1.82) is 0 Å². The van der Waals surface area contributed by atoms with Crippen LogP contribution in [0, 0.1) is 5.92 Å². The lowest BCUT2D eigenvalue weighted by Gasteiger charge is -2.42. The number of fused-ring (bicyclic) bond motifs is 1. The number of anilines is 1. The minimum atomic E-state index is -1.10. The van der Waals surface area contributed by atoms with E-state index in [0.717, 1.165) is 24.3 Å². The van der Waals surface area contributed by atoms with Gasteiger partial charge in [-0.2, -0.15) is 0 Å². The number of carbonyl (C=O) groups is 2. The molecular weight excluding hydrogens is 424 g/mol.